The van der Waals surface area contributed by atoms with Crippen LogP contribution in [0.25, 0.3) is 0 Å². The molecule has 1 aliphatic heterocycles. The number of hydrogen-bond acceptors (Lipinski definition) is 1. The van der Waals surface area contributed by atoms with E-state index in [0.29, 0.717) is 25.2 Å². The fraction of sp³-hybridized carbons (Fsp3) is 0.500. The lowest BCUT2D eigenvalue weighted by molar-refractivity contribution is 0.104. The number of halogens is 4. The lowest BCUT2D eigenvalue weighted by atomic mass is 9.92. The Balaban J connectivity index is 2.33. The molecule has 17 heavy (non-hydrogen) atoms. The molecule has 0 radical (unpaired) electrons. The molecule has 0 bridgehead atoms. The zero-order chi connectivity index (χ0) is 12.6. The summed E-state index contributed by atoms with van der Waals surface area (Å²) >= 11 is 6.09. The first-order valence-electron chi connectivity index (χ1n) is 5.41. The fourth-order valence-corrected chi connectivity index (χ4v) is 2.70. The van der Waals surface area contributed by atoms with Crippen molar-refractivity contribution in [1.82, 2.24) is 0 Å². The molecule has 5 heteroatoms. The summed E-state index contributed by atoms with van der Waals surface area (Å²) < 4.78 is 45.2. The van der Waals surface area contributed by atoms with Crippen LogP contribution in [-0.4, -0.2) is 12.7 Å². The highest BCUT2D eigenvalue weighted by Gasteiger charge is 2.34. The van der Waals surface area contributed by atoms with E-state index in [4.69, 9.17) is 16.3 Å². The predicted molar refractivity (Wildman–Crippen MR) is 58.4 cm³/mol. The van der Waals surface area contributed by atoms with E-state index in [-0.39, 0.29) is 17.6 Å². The Hall–Kier alpha value is -0.740. The van der Waals surface area contributed by atoms with E-state index in [1.165, 1.54) is 0 Å². The van der Waals surface area contributed by atoms with E-state index in [1.807, 2.05) is 6.92 Å². The molecule has 3 atom stereocenters. The van der Waals surface area contributed by atoms with Gasteiger partial charge in [0.25, 0.3) is 0 Å². The molecule has 1 aliphatic rings. The van der Waals surface area contributed by atoms with Gasteiger partial charge < -0.3 is 4.74 Å². The molecule has 1 aromatic carbocycles. The average molecular weight is 265 g/mol. The Bertz CT molecular complexity index is 401. The van der Waals surface area contributed by atoms with Crippen LogP contribution in [0, 0.1) is 23.4 Å². The second-order valence-electron chi connectivity index (χ2n) is 4.21. The SMILES string of the molecule is CC1OCCC1C(Cl)c1c(F)cc(F)cc1F. The van der Waals surface area contributed by atoms with E-state index in [9.17, 15) is 13.2 Å². The summed E-state index contributed by atoms with van der Waals surface area (Å²) in [5.41, 5.74) is -0.268. The molecule has 0 aromatic heterocycles. The molecule has 0 N–H and O–H groups in total. The molecule has 1 fully saturated rings. The molecule has 1 saturated heterocycles. The van der Waals surface area contributed by atoms with E-state index in [1.54, 1.807) is 0 Å². The first-order chi connectivity index (χ1) is 8.00. The van der Waals surface area contributed by atoms with Crippen molar-refractivity contribution in [1.29, 1.82) is 0 Å². The van der Waals surface area contributed by atoms with Gasteiger partial charge in [0, 0.05) is 30.2 Å². The Morgan fingerprint density at radius 2 is 1.88 bits per heavy atom. The molecule has 0 amide bonds. The van der Waals surface area contributed by atoms with Crippen molar-refractivity contribution in [3.8, 4) is 0 Å². The smallest absolute Gasteiger partial charge is 0.133 e. The van der Waals surface area contributed by atoms with Gasteiger partial charge in [-0.25, -0.2) is 13.2 Å². The van der Waals surface area contributed by atoms with Gasteiger partial charge >= 0.3 is 0 Å². The van der Waals surface area contributed by atoms with Gasteiger partial charge in [-0.15, -0.1) is 11.6 Å². The van der Waals surface area contributed by atoms with E-state index in [2.05, 4.69) is 0 Å². The summed E-state index contributed by atoms with van der Waals surface area (Å²) in [6.45, 7) is 2.34. The molecule has 0 spiro atoms. The molecular formula is C12H12ClF3O. The summed E-state index contributed by atoms with van der Waals surface area (Å²) in [5.74, 6) is -2.99. The van der Waals surface area contributed by atoms with Crippen LogP contribution >= 0.6 is 11.6 Å². The number of rotatable bonds is 2. The van der Waals surface area contributed by atoms with Gasteiger partial charge in [0.1, 0.15) is 17.5 Å². The Morgan fingerprint density at radius 1 is 1.29 bits per heavy atom. The summed E-state index contributed by atoms with van der Waals surface area (Å²) in [6.07, 6.45) is 0.493. The first-order valence-corrected chi connectivity index (χ1v) is 5.84. The number of hydrogen-bond donors (Lipinski definition) is 0. The maximum absolute atomic E-state index is 13.5. The van der Waals surface area contributed by atoms with Crippen LogP contribution in [0.1, 0.15) is 24.3 Å². The van der Waals surface area contributed by atoms with Crippen LogP contribution in [0.4, 0.5) is 13.2 Å². The Labute approximate surface area is 103 Å². The topological polar surface area (TPSA) is 9.23 Å². The second kappa shape index (κ2) is 4.86. The number of ether oxygens (including phenoxy) is 1. The Kier molecular flexibility index (Phi) is 3.64. The van der Waals surface area contributed by atoms with Crippen LogP contribution in [0.3, 0.4) is 0 Å². The molecule has 0 aliphatic carbocycles. The third-order valence-electron chi connectivity index (χ3n) is 3.13. The highest BCUT2D eigenvalue weighted by molar-refractivity contribution is 6.21. The average Bonchev–Trinajstić information content (AvgIpc) is 2.62. The van der Waals surface area contributed by atoms with Crippen LogP contribution < -0.4 is 0 Å². The van der Waals surface area contributed by atoms with Crippen molar-refractivity contribution < 1.29 is 17.9 Å². The number of benzene rings is 1. The zero-order valence-corrected chi connectivity index (χ0v) is 9.98. The lowest BCUT2D eigenvalue weighted by Crippen LogP contribution is -2.18. The van der Waals surface area contributed by atoms with E-state index in [0.717, 1.165) is 0 Å². The normalized spacial score (nSPS) is 26.2. The van der Waals surface area contributed by atoms with Gasteiger partial charge in [-0.1, -0.05) is 0 Å². The van der Waals surface area contributed by atoms with Crippen molar-refractivity contribution in [2.24, 2.45) is 5.92 Å². The maximum Gasteiger partial charge on any atom is 0.133 e. The molecule has 1 nitrogen and oxygen atoms in total. The highest BCUT2D eigenvalue weighted by atomic mass is 35.5. The second-order valence-corrected chi connectivity index (χ2v) is 4.68. The van der Waals surface area contributed by atoms with Crippen LogP contribution in [0.5, 0.6) is 0 Å². The molecule has 94 valence electrons. The molecule has 3 unspecified atom stereocenters. The summed E-state index contributed by atoms with van der Waals surface area (Å²) in [4.78, 5) is 0. The van der Waals surface area contributed by atoms with Gasteiger partial charge in [-0.2, -0.15) is 0 Å². The molecule has 2 rings (SSSR count). The maximum atomic E-state index is 13.5. The zero-order valence-electron chi connectivity index (χ0n) is 9.22. The largest absolute Gasteiger partial charge is 0.378 e. The van der Waals surface area contributed by atoms with Gasteiger partial charge in [0.05, 0.1) is 11.5 Å². The van der Waals surface area contributed by atoms with E-state index < -0.39 is 22.8 Å². The minimum atomic E-state index is -0.943. The highest BCUT2D eigenvalue weighted by Crippen LogP contribution is 2.40. The van der Waals surface area contributed by atoms with Crippen molar-refractivity contribution in [3.05, 3.63) is 35.1 Å². The van der Waals surface area contributed by atoms with Crippen LogP contribution in [0.2, 0.25) is 0 Å². The monoisotopic (exact) mass is 264 g/mol. The first kappa shape index (κ1) is 12.7. The van der Waals surface area contributed by atoms with Crippen molar-refractivity contribution >= 4 is 11.6 Å². The van der Waals surface area contributed by atoms with Crippen LogP contribution in [-0.2, 0) is 4.74 Å². The fourth-order valence-electron chi connectivity index (χ4n) is 2.16. The molecule has 1 heterocycles. The standard InChI is InChI=1S/C12H12ClF3O/c1-6-8(2-3-17-6)12(13)11-9(15)4-7(14)5-10(11)16/h4-6,8,12H,2-3H2,1H3. The molecule has 1 aromatic rings. The van der Waals surface area contributed by atoms with Crippen LogP contribution in [0.15, 0.2) is 12.1 Å². The number of alkyl halides is 1. The summed E-state index contributed by atoms with van der Waals surface area (Å²) in [6, 6.07) is 1.29. The quantitative estimate of drug-likeness (QED) is 0.738. The third kappa shape index (κ3) is 2.43. The van der Waals surface area contributed by atoms with E-state index >= 15 is 0 Å². The summed E-state index contributed by atoms with van der Waals surface area (Å²) in [7, 11) is 0. The van der Waals surface area contributed by atoms with Crippen molar-refractivity contribution in [2.45, 2.75) is 24.8 Å². The minimum Gasteiger partial charge on any atom is -0.378 e. The van der Waals surface area contributed by atoms with Crippen molar-refractivity contribution in [3.63, 3.8) is 0 Å². The summed E-state index contributed by atoms with van der Waals surface area (Å²) in [5, 5.41) is -0.840. The van der Waals surface area contributed by atoms with Gasteiger partial charge in [0.15, 0.2) is 0 Å². The van der Waals surface area contributed by atoms with Gasteiger partial charge in [0.2, 0.25) is 0 Å². The van der Waals surface area contributed by atoms with Crippen molar-refractivity contribution in [2.75, 3.05) is 6.61 Å². The molecule has 0 saturated carbocycles. The Morgan fingerprint density at radius 3 is 2.35 bits per heavy atom. The predicted octanol–water partition coefficient (Wildman–Crippen LogP) is 3.81. The van der Waals surface area contributed by atoms with Gasteiger partial charge in [-0.05, 0) is 13.3 Å². The molecular weight excluding hydrogens is 253 g/mol. The minimum absolute atomic E-state index is 0.152. The lowest BCUT2D eigenvalue weighted by Gasteiger charge is -2.21. The van der Waals surface area contributed by atoms with Gasteiger partial charge in [-0.3, -0.25) is 0 Å². The third-order valence-corrected chi connectivity index (χ3v) is 3.67.